The molecule has 0 spiro atoms. The standard InChI is InChI=1S/C10H13BrClNO/c11-9-7-8(12)3-4-10(9)13-5-1-2-6-14/h3-4,7,13-14H,1-2,5-6H2. The van der Waals surface area contributed by atoms with Crippen LogP contribution in [0.2, 0.25) is 5.02 Å². The van der Waals surface area contributed by atoms with Gasteiger partial charge in [0.15, 0.2) is 0 Å². The van der Waals surface area contributed by atoms with Crippen molar-refractivity contribution in [2.45, 2.75) is 12.8 Å². The van der Waals surface area contributed by atoms with Crippen LogP contribution in [0.15, 0.2) is 22.7 Å². The van der Waals surface area contributed by atoms with Crippen LogP contribution in [0.4, 0.5) is 5.69 Å². The van der Waals surface area contributed by atoms with Gasteiger partial charge in [-0.3, -0.25) is 0 Å². The summed E-state index contributed by atoms with van der Waals surface area (Å²) in [6.45, 7) is 1.12. The molecule has 0 saturated heterocycles. The van der Waals surface area contributed by atoms with Crippen molar-refractivity contribution in [3.05, 3.63) is 27.7 Å². The molecule has 0 bridgehead atoms. The van der Waals surface area contributed by atoms with E-state index in [9.17, 15) is 0 Å². The number of unbranched alkanes of at least 4 members (excludes halogenated alkanes) is 1. The SMILES string of the molecule is OCCCCNc1ccc(Cl)cc1Br. The second-order valence-corrected chi connectivity index (χ2v) is 4.27. The number of nitrogens with one attached hydrogen (secondary N) is 1. The van der Waals surface area contributed by atoms with E-state index in [0.717, 1.165) is 34.6 Å². The Bertz CT molecular complexity index is 293. The highest BCUT2D eigenvalue weighted by molar-refractivity contribution is 9.10. The summed E-state index contributed by atoms with van der Waals surface area (Å²) in [7, 11) is 0. The van der Waals surface area contributed by atoms with Crippen molar-refractivity contribution in [3.8, 4) is 0 Å². The van der Waals surface area contributed by atoms with E-state index in [0.29, 0.717) is 0 Å². The Balaban J connectivity index is 2.42. The van der Waals surface area contributed by atoms with Crippen LogP contribution in [0.1, 0.15) is 12.8 Å². The molecule has 1 aromatic rings. The van der Waals surface area contributed by atoms with Crippen LogP contribution in [0.25, 0.3) is 0 Å². The van der Waals surface area contributed by atoms with E-state index >= 15 is 0 Å². The first-order chi connectivity index (χ1) is 6.74. The predicted molar refractivity (Wildman–Crippen MR) is 64.0 cm³/mol. The Labute approximate surface area is 97.4 Å². The van der Waals surface area contributed by atoms with Crippen LogP contribution in [0.5, 0.6) is 0 Å². The van der Waals surface area contributed by atoms with Gasteiger partial charge in [-0.05, 0) is 47.0 Å². The lowest BCUT2D eigenvalue weighted by atomic mass is 10.3. The smallest absolute Gasteiger partial charge is 0.0485 e. The van der Waals surface area contributed by atoms with Crippen LogP contribution >= 0.6 is 27.5 Å². The lowest BCUT2D eigenvalue weighted by Gasteiger charge is -2.07. The molecule has 4 heteroatoms. The summed E-state index contributed by atoms with van der Waals surface area (Å²) in [4.78, 5) is 0. The fourth-order valence-electron chi connectivity index (χ4n) is 1.09. The van der Waals surface area contributed by atoms with Gasteiger partial charge in [-0.25, -0.2) is 0 Å². The Morgan fingerprint density at radius 1 is 1.36 bits per heavy atom. The van der Waals surface area contributed by atoms with Crippen molar-refractivity contribution in [1.29, 1.82) is 0 Å². The summed E-state index contributed by atoms with van der Waals surface area (Å²) in [5.41, 5.74) is 1.03. The number of rotatable bonds is 5. The molecule has 0 aliphatic rings. The molecule has 0 atom stereocenters. The molecule has 78 valence electrons. The largest absolute Gasteiger partial charge is 0.396 e. The highest BCUT2D eigenvalue weighted by Gasteiger charge is 1.98. The van der Waals surface area contributed by atoms with Gasteiger partial charge in [0.05, 0.1) is 0 Å². The molecule has 0 radical (unpaired) electrons. The molecule has 0 fully saturated rings. The number of hydrogen-bond acceptors (Lipinski definition) is 2. The third-order valence-electron chi connectivity index (χ3n) is 1.83. The van der Waals surface area contributed by atoms with Crippen LogP contribution in [0.3, 0.4) is 0 Å². The number of benzene rings is 1. The second-order valence-electron chi connectivity index (χ2n) is 2.98. The maximum absolute atomic E-state index is 8.60. The lowest BCUT2D eigenvalue weighted by Crippen LogP contribution is -2.02. The number of aliphatic hydroxyl groups excluding tert-OH is 1. The monoisotopic (exact) mass is 277 g/mol. The van der Waals surface area contributed by atoms with E-state index in [1.165, 1.54) is 0 Å². The van der Waals surface area contributed by atoms with Crippen LogP contribution in [-0.2, 0) is 0 Å². The average Bonchev–Trinajstić information content (AvgIpc) is 2.15. The Hall–Kier alpha value is -0.250. The fraction of sp³-hybridized carbons (Fsp3) is 0.400. The van der Waals surface area contributed by atoms with Gasteiger partial charge in [0.1, 0.15) is 0 Å². The minimum Gasteiger partial charge on any atom is -0.396 e. The van der Waals surface area contributed by atoms with Crippen molar-refractivity contribution < 1.29 is 5.11 Å². The molecule has 2 N–H and O–H groups in total. The molecule has 0 unspecified atom stereocenters. The molecule has 0 saturated carbocycles. The molecule has 1 rings (SSSR count). The Morgan fingerprint density at radius 2 is 2.14 bits per heavy atom. The highest BCUT2D eigenvalue weighted by atomic mass is 79.9. The van der Waals surface area contributed by atoms with Gasteiger partial charge in [-0.1, -0.05) is 11.6 Å². The van der Waals surface area contributed by atoms with Crippen LogP contribution in [0, 0.1) is 0 Å². The third kappa shape index (κ3) is 3.86. The van der Waals surface area contributed by atoms with Gasteiger partial charge in [-0.15, -0.1) is 0 Å². The van der Waals surface area contributed by atoms with E-state index in [2.05, 4.69) is 21.2 Å². The zero-order valence-corrected chi connectivity index (χ0v) is 10.1. The van der Waals surface area contributed by atoms with Gasteiger partial charge < -0.3 is 10.4 Å². The second kappa shape index (κ2) is 6.27. The molecule has 0 aliphatic heterocycles. The maximum atomic E-state index is 8.60. The van der Waals surface area contributed by atoms with Crippen molar-refractivity contribution in [2.75, 3.05) is 18.5 Å². The minimum absolute atomic E-state index is 0.253. The van der Waals surface area contributed by atoms with E-state index in [1.807, 2.05) is 18.2 Å². The Morgan fingerprint density at radius 3 is 2.79 bits per heavy atom. The average molecular weight is 279 g/mol. The first-order valence-electron chi connectivity index (χ1n) is 4.54. The van der Waals surface area contributed by atoms with Crippen molar-refractivity contribution in [2.24, 2.45) is 0 Å². The van der Waals surface area contributed by atoms with Gasteiger partial charge in [-0.2, -0.15) is 0 Å². The molecule has 0 amide bonds. The molecule has 1 aromatic carbocycles. The highest BCUT2D eigenvalue weighted by Crippen LogP contribution is 2.25. The molecular weight excluding hydrogens is 265 g/mol. The van der Waals surface area contributed by atoms with E-state index in [-0.39, 0.29) is 6.61 Å². The van der Waals surface area contributed by atoms with Gasteiger partial charge >= 0.3 is 0 Å². The lowest BCUT2D eigenvalue weighted by molar-refractivity contribution is 0.286. The molecular formula is C10H13BrClNO. The molecule has 14 heavy (non-hydrogen) atoms. The zero-order chi connectivity index (χ0) is 10.4. The molecule has 0 aliphatic carbocycles. The van der Waals surface area contributed by atoms with Crippen LogP contribution < -0.4 is 5.32 Å². The normalized spacial score (nSPS) is 10.2. The zero-order valence-electron chi connectivity index (χ0n) is 7.76. The molecule has 2 nitrogen and oxygen atoms in total. The first-order valence-corrected chi connectivity index (χ1v) is 5.71. The third-order valence-corrected chi connectivity index (χ3v) is 2.72. The fourth-order valence-corrected chi connectivity index (χ4v) is 1.92. The summed E-state index contributed by atoms with van der Waals surface area (Å²) >= 11 is 9.23. The van der Waals surface area contributed by atoms with Crippen molar-refractivity contribution in [1.82, 2.24) is 0 Å². The molecule has 0 heterocycles. The summed E-state index contributed by atoms with van der Waals surface area (Å²) in [5, 5.41) is 12.6. The summed E-state index contributed by atoms with van der Waals surface area (Å²) < 4.78 is 0.967. The van der Waals surface area contributed by atoms with Gasteiger partial charge in [0.2, 0.25) is 0 Å². The number of aliphatic hydroxyl groups is 1. The Kier molecular flexibility index (Phi) is 5.30. The first kappa shape index (κ1) is 11.8. The number of halogens is 2. The van der Waals surface area contributed by atoms with Gasteiger partial charge in [0, 0.05) is 28.3 Å². The van der Waals surface area contributed by atoms with Crippen LogP contribution in [-0.4, -0.2) is 18.3 Å². The predicted octanol–water partition coefficient (Wildman–Crippen LogP) is 3.29. The minimum atomic E-state index is 0.253. The molecule has 0 aromatic heterocycles. The van der Waals surface area contributed by atoms with E-state index in [1.54, 1.807) is 0 Å². The van der Waals surface area contributed by atoms with Crippen molar-refractivity contribution in [3.63, 3.8) is 0 Å². The number of anilines is 1. The number of hydrogen-bond donors (Lipinski definition) is 2. The van der Waals surface area contributed by atoms with Gasteiger partial charge in [0.25, 0.3) is 0 Å². The summed E-state index contributed by atoms with van der Waals surface area (Å²) in [6, 6.07) is 5.64. The maximum Gasteiger partial charge on any atom is 0.0485 e. The van der Waals surface area contributed by atoms with Crippen molar-refractivity contribution >= 4 is 33.2 Å². The van der Waals surface area contributed by atoms with E-state index < -0.39 is 0 Å². The topological polar surface area (TPSA) is 32.3 Å². The summed E-state index contributed by atoms with van der Waals surface area (Å²) in [6.07, 6.45) is 1.80. The van der Waals surface area contributed by atoms with E-state index in [4.69, 9.17) is 16.7 Å². The quantitative estimate of drug-likeness (QED) is 0.810. The summed E-state index contributed by atoms with van der Waals surface area (Å²) in [5.74, 6) is 0.